The van der Waals surface area contributed by atoms with E-state index < -0.39 is 47.5 Å². The van der Waals surface area contributed by atoms with Gasteiger partial charge in [0.1, 0.15) is 35.7 Å². The smallest absolute Gasteiger partial charge is 0.421 e. The van der Waals surface area contributed by atoms with Crippen LogP contribution in [0.3, 0.4) is 0 Å². The summed E-state index contributed by atoms with van der Waals surface area (Å²) in [6.07, 6.45) is 6.67. The molecule has 0 unspecified atom stereocenters. The number of rotatable bonds is 12. The second kappa shape index (κ2) is 52.9. The molecule has 0 aliphatic rings. The van der Waals surface area contributed by atoms with E-state index in [2.05, 4.69) is 150 Å². The van der Waals surface area contributed by atoms with Crippen LogP contribution in [0.2, 0.25) is 0 Å². The van der Waals surface area contributed by atoms with Gasteiger partial charge in [0, 0.05) is 166 Å². The molecule has 4 N–H and O–H groups in total. The Hall–Kier alpha value is -16.2. The van der Waals surface area contributed by atoms with Gasteiger partial charge in [0.2, 0.25) is 23.6 Å². The number of aryl methyl sites for hydroxylation is 7. The van der Waals surface area contributed by atoms with E-state index in [4.69, 9.17) is 17.7 Å². The van der Waals surface area contributed by atoms with Gasteiger partial charge >= 0.3 is 24.7 Å². The summed E-state index contributed by atoms with van der Waals surface area (Å²) in [5.74, 6) is 3.33. The molecule has 33 nitrogen and oxygen atoms in total. The Morgan fingerprint density at radius 2 is 0.592 bits per heavy atom. The van der Waals surface area contributed by atoms with Crippen molar-refractivity contribution in [2.24, 2.45) is 0 Å². The van der Waals surface area contributed by atoms with Crippen molar-refractivity contribution in [2.45, 2.75) is 73.2 Å². The van der Waals surface area contributed by atoms with Gasteiger partial charge in [-0.1, -0.05) is 67.9 Å². The number of phenolic OH excluding ortho intramolecular Hbond substituents is 4. The fourth-order valence-electron chi connectivity index (χ4n) is 12.0. The van der Waals surface area contributed by atoms with E-state index >= 15 is 0 Å². The molecule has 0 saturated carbocycles. The minimum Gasteiger partial charge on any atom is -0.507 e. The summed E-state index contributed by atoms with van der Waals surface area (Å²) in [4.78, 5) is 65.2. The molecule has 0 spiro atoms. The second-order valence-corrected chi connectivity index (χ2v) is 29.3. The van der Waals surface area contributed by atoms with Crippen molar-refractivity contribution in [2.75, 3.05) is 0 Å². The Kier molecular flexibility index (Phi) is 41.2. The number of aromatic nitrogens is 25. The van der Waals surface area contributed by atoms with Crippen LogP contribution in [-0.4, -0.2) is 146 Å². The molecule has 0 aliphatic carbocycles. The van der Waals surface area contributed by atoms with E-state index in [9.17, 15) is 73.1 Å². The van der Waals surface area contributed by atoms with E-state index in [1.54, 1.807) is 198 Å². The molecule has 758 valence electrons. The number of aromatic hydroxyl groups is 4. The standard InChI is InChI=1S/4C13H9N3O2.3C12H9F3N3.C10H6F3N4.4Ir/c4*17-11-6-2-1-5-10(11)13-16-15-12(18-13)9-4-3-7-14-8-9;1-7-3-9(4-11(18-7)12(13,14)15)10-6-16-8(2)5-17-10;1-7-3-9(4-11(18-7)12(13,14)15)10-6-16-5-8(2)17-10;1-7-5-17-10(6-16-7)9-3-4-11(12(13,14)15)18-8(9)2;1-6-7(9-15-4-14-5-16-9)2-3-8(17-6)10(11,12)13;;;;/h4*1-8,17H;2*3,5-6H,1-2H3;4-6H,1-2H3;3-5H,1H3;;;;/q;;;;4*-1;;;;. The monoisotopic (exact) mass is 2720 g/mol. The van der Waals surface area contributed by atoms with Crippen LogP contribution in [0.25, 0.3) is 137 Å². The zero-order valence-electron chi connectivity index (χ0n) is 76.4. The summed E-state index contributed by atoms with van der Waals surface area (Å²) in [6, 6.07) is 55.9. The van der Waals surface area contributed by atoms with Crippen LogP contribution in [0.1, 0.15) is 62.6 Å². The third-order valence-corrected chi connectivity index (χ3v) is 18.6. The summed E-state index contributed by atoms with van der Waals surface area (Å²) in [6.45, 7) is 11.2. The van der Waals surface area contributed by atoms with Crippen molar-refractivity contribution in [3.63, 3.8) is 0 Å². The summed E-state index contributed by atoms with van der Waals surface area (Å²) in [5, 5.41) is 70.2. The zero-order valence-corrected chi connectivity index (χ0v) is 86.0. The molecule has 20 aromatic rings. The van der Waals surface area contributed by atoms with Crippen molar-refractivity contribution >= 4 is 0 Å². The number of phenols is 4. The Morgan fingerprint density at radius 3 is 0.884 bits per heavy atom. The van der Waals surface area contributed by atoms with E-state index in [1.165, 1.54) is 83.5 Å². The minimum absolute atomic E-state index is 0. The topological polar surface area (TPSA) is 456 Å². The average Bonchev–Trinajstić information content (AvgIpc) is 1.81. The molecule has 147 heavy (non-hydrogen) atoms. The molecule has 0 fully saturated rings. The normalized spacial score (nSPS) is 10.7. The Morgan fingerprint density at radius 1 is 0.272 bits per heavy atom. The van der Waals surface area contributed by atoms with Crippen LogP contribution < -0.4 is 0 Å². The Labute approximate surface area is 879 Å². The summed E-state index contributed by atoms with van der Waals surface area (Å²) >= 11 is 0. The molecule has 16 heterocycles. The SMILES string of the molecule is Cc1cc(-c2cncc(C)n2)[c-]c(C(F)(F)F)n1.Cc1cnc(-c2[c-]c(C(F)(F)F)nc(C)c2)cn1.Cc1cnc(-c2[c-]cc(C(F)(F)F)nc2C)cn1.Cc1nc(C(F)(F)F)c[c-]c1-c1ncncn1.Oc1ccccc1-c1nnc(-c2cccnc2)o1.Oc1ccccc1-c1nnc(-c2cccnc2)o1.Oc1ccccc1-c1nnc(-c2cccnc2)o1.Oc1ccccc1-c1nnc(-c2cccnc2)o1.[Ir].[Ir].[Ir].[Ir]. The maximum Gasteiger partial charge on any atom is 0.421 e. The van der Waals surface area contributed by atoms with Crippen molar-refractivity contribution in [3.05, 3.63) is 356 Å². The second-order valence-electron chi connectivity index (χ2n) is 29.3. The van der Waals surface area contributed by atoms with E-state index in [-0.39, 0.29) is 167 Å². The molecule has 0 aliphatic heterocycles. The molecule has 4 radical (unpaired) electrons. The van der Waals surface area contributed by atoms with Gasteiger partial charge in [0.05, 0.1) is 84.5 Å². The number of hydrogen-bond acceptors (Lipinski definition) is 33. The quantitative estimate of drug-likeness (QED) is 0.0652. The molecule has 49 heteroatoms. The van der Waals surface area contributed by atoms with Crippen LogP contribution in [0.5, 0.6) is 23.0 Å². The summed E-state index contributed by atoms with van der Waals surface area (Å²) in [7, 11) is 0. The molecule has 0 saturated heterocycles. The predicted octanol–water partition coefficient (Wildman–Crippen LogP) is 21.0. The molecular weight excluding hydrogens is 2650 g/mol. The minimum atomic E-state index is -4.52. The van der Waals surface area contributed by atoms with Gasteiger partial charge < -0.3 is 63.0 Å². The van der Waals surface area contributed by atoms with E-state index in [0.29, 0.717) is 85.4 Å². The first-order valence-corrected chi connectivity index (χ1v) is 41.4. The van der Waals surface area contributed by atoms with Gasteiger partial charge in [-0.15, -0.1) is 94.9 Å². The molecule has 4 aromatic carbocycles. The number of pyridine rings is 8. The van der Waals surface area contributed by atoms with Gasteiger partial charge in [-0.2, -0.15) is 63.8 Å². The summed E-state index contributed by atoms with van der Waals surface area (Å²) < 4.78 is 172. The molecule has 0 atom stereocenters. The maximum atomic E-state index is 12.6. The van der Waals surface area contributed by atoms with Gasteiger partial charge in [-0.05, 0) is 178 Å². The number of halogens is 12. The maximum absolute atomic E-state index is 12.6. The van der Waals surface area contributed by atoms with Crippen LogP contribution in [0, 0.1) is 72.7 Å². The fourth-order valence-corrected chi connectivity index (χ4v) is 12.0. The first kappa shape index (κ1) is 114. The number of benzene rings is 4. The third-order valence-electron chi connectivity index (χ3n) is 18.6. The van der Waals surface area contributed by atoms with Crippen LogP contribution in [0.15, 0.2) is 287 Å². The van der Waals surface area contributed by atoms with Crippen molar-refractivity contribution in [1.82, 2.24) is 126 Å². The number of alkyl halides is 12. The average molecular weight is 2720 g/mol. The number of para-hydroxylation sites is 4. The molecule has 0 bridgehead atoms. The predicted molar refractivity (Wildman–Crippen MR) is 486 cm³/mol. The summed E-state index contributed by atoms with van der Waals surface area (Å²) in [5.41, 5.74) is 6.38. The van der Waals surface area contributed by atoms with E-state index in [1.807, 2.05) is 24.3 Å². The Balaban J connectivity index is 0.000000186. The van der Waals surface area contributed by atoms with Crippen molar-refractivity contribution in [3.8, 4) is 160 Å². The van der Waals surface area contributed by atoms with Gasteiger partial charge in [-0.3, -0.25) is 54.8 Å². The fraction of sp³-hybridized carbons (Fsp3) is 0.112. The first-order chi connectivity index (χ1) is 68.4. The largest absolute Gasteiger partial charge is 0.507 e. The molecule has 16 aromatic heterocycles. The third kappa shape index (κ3) is 32.4. The van der Waals surface area contributed by atoms with Crippen LogP contribution in [-0.2, 0) is 105 Å². The zero-order chi connectivity index (χ0) is 102. The van der Waals surface area contributed by atoms with Crippen molar-refractivity contribution in [1.29, 1.82) is 0 Å². The van der Waals surface area contributed by atoms with Gasteiger partial charge in [0.25, 0.3) is 23.6 Å². The Bertz CT molecular complexity index is 7130. The molecular formula is C98H69F12Ir4N25O8-4. The number of hydrogen-bond donors (Lipinski definition) is 4. The molecule has 20 rings (SSSR count). The van der Waals surface area contributed by atoms with Crippen LogP contribution in [0.4, 0.5) is 52.7 Å². The van der Waals surface area contributed by atoms with Gasteiger partial charge in [-0.25, -0.2) is 4.98 Å². The van der Waals surface area contributed by atoms with Gasteiger partial charge in [0.15, 0.2) is 0 Å². The molecule has 0 amide bonds. The van der Waals surface area contributed by atoms with E-state index in [0.717, 1.165) is 40.1 Å². The number of nitrogens with zero attached hydrogens (tertiary/aromatic N) is 25. The van der Waals surface area contributed by atoms with Crippen molar-refractivity contribution < 1.29 is 171 Å². The van der Waals surface area contributed by atoms with Crippen LogP contribution >= 0.6 is 0 Å². The first-order valence-electron chi connectivity index (χ1n) is 41.4.